The first-order valence-corrected chi connectivity index (χ1v) is 7.99. The normalized spacial score (nSPS) is 20.0. The summed E-state index contributed by atoms with van der Waals surface area (Å²) >= 11 is 0. The molecule has 0 aliphatic carbocycles. The first-order valence-electron chi connectivity index (χ1n) is 7.99. The molecule has 1 aliphatic rings. The molecule has 0 spiro atoms. The molecule has 0 saturated carbocycles. The van der Waals surface area contributed by atoms with Crippen molar-refractivity contribution >= 4 is 0 Å². The van der Waals surface area contributed by atoms with Gasteiger partial charge in [-0.1, -0.05) is 19.1 Å². The molecule has 1 aromatic rings. The highest BCUT2D eigenvalue weighted by atomic mass is 16.6. The summed E-state index contributed by atoms with van der Waals surface area (Å²) < 4.78 is 17.4. The summed E-state index contributed by atoms with van der Waals surface area (Å²) in [6.45, 7) is 6.20. The van der Waals surface area contributed by atoms with Crippen LogP contribution in [0.15, 0.2) is 18.2 Å². The second-order valence-electron chi connectivity index (χ2n) is 5.51. The van der Waals surface area contributed by atoms with Crippen LogP contribution in [0.3, 0.4) is 0 Å². The van der Waals surface area contributed by atoms with E-state index in [-0.39, 0.29) is 12.1 Å². The number of ether oxygens (including phenoxy) is 3. The molecule has 0 bridgehead atoms. The number of nitrogens with two attached hydrogens (primary N) is 1. The third kappa shape index (κ3) is 4.61. The highest BCUT2D eigenvalue weighted by Crippen LogP contribution is 2.34. The maximum atomic E-state index is 6.21. The van der Waals surface area contributed by atoms with E-state index >= 15 is 0 Å². The Morgan fingerprint density at radius 2 is 2.24 bits per heavy atom. The van der Waals surface area contributed by atoms with Gasteiger partial charge in [-0.05, 0) is 44.2 Å². The van der Waals surface area contributed by atoms with Gasteiger partial charge in [0.2, 0.25) is 0 Å². The summed E-state index contributed by atoms with van der Waals surface area (Å²) in [6.07, 6.45) is 3.94. The Labute approximate surface area is 127 Å². The van der Waals surface area contributed by atoms with Crippen LogP contribution in [0.2, 0.25) is 0 Å². The van der Waals surface area contributed by atoms with Gasteiger partial charge in [-0.15, -0.1) is 0 Å². The van der Waals surface area contributed by atoms with E-state index in [0.717, 1.165) is 49.4 Å². The van der Waals surface area contributed by atoms with Crippen LogP contribution in [-0.4, -0.2) is 32.0 Å². The van der Waals surface area contributed by atoms with Crippen molar-refractivity contribution in [2.75, 3.05) is 19.8 Å². The Kier molecular flexibility index (Phi) is 6.33. The first-order chi connectivity index (χ1) is 10.2. The lowest BCUT2D eigenvalue weighted by molar-refractivity contribution is 0.00581. The second kappa shape index (κ2) is 8.25. The molecule has 0 aromatic heterocycles. The Hall–Kier alpha value is -1.26. The van der Waals surface area contributed by atoms with Gasteiger partial charge < -0.3 is 19.9 Å². The largest absolute Gasteiger partial charge is 0.490 e. The SMILES string of the molecule is CCOc1cccc(CC(N)CC)c1OC1CCCOC1. The lowest BCUT2D eigenvalue weighted by atomic mass is 10.0. The van der Waals surface area contributed by atoms with Crippen molar-refractivity contribution in [2.45, 2.75) is 51.7 Å². The highest BCUT2D eigenvalue weighted by molar-refractivity contribution is 5.47. The van der Waals surface area contributed by atoms with Crippen LogP contribution in [-0.2, 0) is 11.2 Å². The fourth-order valence-electron chi connectivity index (χ4n) is 2.52. The van der Waals surface area contributed by atoms with E-state index in [1.165, 1.54) is 0 Å². The standard InChI is InChI=1S/C17H27NO3/c1-3-14(18)11-13-7-5-9-16(20-4-2)17(13)21-15-8-6-10-19-12-15/h5,7,9,14-15H,3-4,6,8,10-12,18H2,1-2H3. The molecule has 0 amide bonds. The zero-order valence-electron chi connectivity index (χ0n) is 13.1. The van der Waals surface area contributed by atoms with Crippen LogP contribution in [0, 0.1) is 0 Å². The van der Waals surface area contributed by atoms with Crippen LogP contribution in [0.4, 0.5) is 0 Å². The van der Waals surface area contributed by atoms with Gasteiger partial charge in [0, 0.05) is 12.6 Å². The van der Waals surface area contributed by atoms with Gasteiger partial charge in [-0.2, -0.15) is 0 Å². The molecule has 4 nitrogen and oxygen atoms in total. The third-order valence-electron chi connectivity index (χ3n) is 3.77. The Morgan fingerprint density at radius 3 is 2.90 bits per heavy atom. The number of rotatable bonds is 7. The number of para-hydroxylation sites is 1. The minimum atomic E-state index is 0.108. The van der Waals surface area contributed by atoms with Crippen molar-refractivity contribution in [3.8, 4) is 11.5 Å². The van der Waals surface area contributed by atoms with E-state index in [9.17, 15) is 0 Å². The summed E-state index contributed by atoms with van der Waals surface area (Å²) in [7, 11) is 0. The average Bonchev–Trinajstić information content (AvgIpc) is 2.51. The van der Waals surface area contributed by atoms with E-state index in [2.05, 4.69) is 13.0 Å². The van der Waals surface area contributed by atoms with Crippen molar-refractivity contribution in [3.05, 3.63) is 23.8 Å². The van der Waals surface area contributed by atoms with Gasteiger partial charge in [-0.3, -0.25) is 0 Å². The summed E-state index contributed by atoms with van der Waals surface area (Å²) in [4.78, 5) is 0. The highest BCUT2D eigenvalue weighted by Gasteiger charge is 2.20. The molecule has 2 rings (SSSR count). The van der Waals surface area contributed by atoms with Crippen molar-refractivity contribution in [1.29, 1.82) is 0 Å². The van der Waals surface area contributed by atoms with Gasteiger partial charge >= 0.3 is 0 Å². The summed E-state index contributed by atoms with van der Waals surface area (Å²) in [5.41, 5.74) is 7.24. The van der Waals surface area contributed by atoms with Gasteiger partial charge in [0.25, 0.3) is 0 Å². The van der Waals surface area contributed by atoms with Gasteiger partial charge in [0.05, 0.1) is 13.2 Å². The van der Waals surface area contributed by atoms with Crippen molar-refractivity contribution < 1.29 is 14.2 Å². The predicted molar refractivity (Wildman–Crippen MR) is 84.1 cm³/mol. The van der Waals surface area contributed by atoms with Crippen molar-refractivity contribution in [1.82, 2.24) is 0 Å². The second-order valence-corrected chi connectivity index (χ2v) is 5.51. The Bertz CT molecular complexity index is 430. The third-order valence-corrected chi connectivity index (χ3v) is 3.77. The van der Waals surface area contributed by atoms with E-state index in [4.69, 9.17) is 19.9 Å². The molecule has 1 saturated heterocycles. The monoisotopic (exact) mass is 293 g/mol. The minimum absolute atomic E-state index is 0.108. The smallest absolute Gasteiger partial charge is 0.164 e. The first kappa shape index (κ1) is 16.1. The fourth-order valence-corrected chi connectivity index (χ4v) is 2.52. The van der Waals surface area contributed by atoms with E-state index < -0.39 is 0 Å². The molecule has 2 unspecified atom stereocenters. The average molecular weight is 293 g/mol. The molecule has 1 aromatic carbocycles. The van der Waals surface area contributed by atoms with E-state index in [1.807, 2.05) is 19.1 Å². The minimum Gasteiger partial charge on any atom is -0.490 e. The molecular formula is C17H27NO3. The molecule has 0 radical (unpaired) electrons. The fraction of sp³-hybridized carbons (Fsp3) is 0.647. The molecular weight excluding hydrogens is 266 g/mol. The van der Waals surface area contributed by atoms with Crippen LogP contribution in [0.5, 0.6) is 11.5 Å². The van der Waals surface area contributed by atoms with Crippen molar-refractivity contribution in [3.63, 3.8) is 0 Å². The summed E-state index contributed by atoms with van der Waals surface area (Å²) in [5, 5.41) is 0. The maximum Gasteiger partial charge on any atom is 0.164 e. The van der Waals surface area contributed by atoms with Gasteiger partial charge in [0.1, 0.15) is 6.10 Å². The molecule has 4 heteroatoms. The molecule has 1 heterocycles. The van der Waals surface area contributed by atoms with Crippen LogP contribution < -0.4 is 15.2 Å². The quantitative estimate of drug-likeness (QED) is 0.840. The van der Waals surface area contributed by atoms with E-state index in [1.54, 1.807) is 0 Å². The Morgan fingerprint density at radius 1 is 1.38 bits per heavy atom. The summed E-state index contributed by atoms with van der Waals surface area (Å²) in [6, 6.07) is 6.19. The van der Waals surface area contributed by atoms with Crippen LogP contribution in [0.1, 0.15) is 38.7 Å². The maximum absolute atomic E-state index is 6.21. The zero-order valence-corrected chi connectivity index (χ0v) is 13.1. The summed E-state index contributed by atoms with van der Waals surface area (Å²) in [5.74, 6) is 1.66. The van der Waals surface area contributed by atoms with Gasteiger partial charge in [-0.25, -0.2) is 0 Å². The lowest BCUT2D eigenvalue weighted by Crippen LogP contribution is -2.29. The number of hydrogen-bond acceptors (Lipinski definition) is 4. The van der Waals surface area contributed by atoms with Crippen molar-refractivity contribution in [2.24, 2.45) is 5.73 Å². The van der Waals surface area contributed by atoms with E-state index in [0.29, 0.717) is 13.2 Å². The zero-order chi connectivity index (χ0) is 15.1. The predicted octanol–water partition coefficient (Wildman–Crippen LogP) is 2.92. The number of hydrogen-bond donors (Lipinski definition) is 1. The topological polar surface area (TPSA) is 53.7 Å². The molecule has 2 atom stereocenters. The lowest BCUT2D eigenvalue weighted by Gasteiger charge is -2.26. The molecule has 21 heavy (non-hydrogen) atoms. The molecule has 118 valence electrons. The molecule has 1 aliphatic heterocycles. The van der Waals surface area contributed by atoms with Crippen LogP contribution in [0.25, 0.3) is 0 Å². The Balaban J connectivity index is 2.19. The number of benzene rings is 1. The molecule has 1 fully saturated rings. The van der Waals surface area contributed by atoms with Gasteiger partial charge in [0.15, 0.2) is 11.5 Å². The molecule has 2 N–H and O–H groups in total. The van der Waals surface area contributed by atoms with Crippen LogP contribution >= 0.6 is 0 Å².